The van der Waals surface area contributed by atoms with Gasteiger partial charge in [-0.2, -0.15) is 0 Å². The number of benzene rings is 2. The zero-order valence-electron chi connectivity index (χ0n) is 16.7. The standard InChI is InChI=1S/C24H32OSi/c1-20-15-17-21(18-16-20)19-25-26(24(2,3)4,22-11-7-5-8-12-22)23-13-9-6-10-14-23/h5-15,21H,16-19H2,1-4H3/t21-/m1/s1. The molecule has 1 aliphatic carbocycles. The third kappa shape index (κ3) is 3.87. The summed E-state index contributed by atoms with van der Waals surface area (Å²) in [5, 5.41) is 2.82. The Morgan fingerprint density at radius 1 is 0.923 bits per heavy atom. The molecular weight excluding hydrogens is 332 g/mol. The van der Waals surface area contributed by atoms with Crippen molar-refractivity contribution >= 4 is 18.7 Å². The predicted octanol–water partition coefficient (Wildman–Crippen LogP) is 5.31. The van der Waals surface area contributed by atoms with Crippen molar-refractivity contribution in [2.45, 2.75) is 52.0 Å². The highest BCUT2D eigenvalue weighted by Crippen LogP contribution is 2.37. The molecule has 138 valence electrons. The molecule has 1 atom stereocenters. The lowest BCUT2D eigenvalue weighted by atomic mass is 9.91. The first-order chi connectivity index (χ1) is 12.4. The first-order valence-corrected chi connectivity index (χ1v) is 11.7. The van der Waals surface area contributed by atoms with Gasteiger partial charge in [0.05, 0.1) is 0 Å². The average Bonchev–Trinajstić information content (AvgIpc) is 2.64. The van der Waals surface area contributed by atoms with Crippen LogP contribution in [-0.2, 0) is 4.43 Å². The summed E-state index contributed by atoms with van der Waals surface area (Å²) in [7, 11) is -2.37. The van der Waals surface area contributed by atoms with Crippen molar-refractivity contribution in [3.8, 4) is 0 Å². The van der Waals surface area contributed by atoms with Crippen LogP contribution in [0.5, 0.6) is 0 Å². The Kier molecular flexibility index (Phi) is 5.84. The zero-order chi connectivity index (χ0) is 18.6. The highest BCUT2D eigenvalue weighted by atomic mass is 28.4. The largest absolute Gasteiger partial charge is 0.407 e. The average molecular weight is 365 g/mol. The van der Waals surface area contributed by atoms with Crippen LogP contribution in [0.15, 0.2) is 72.3 Å². The van der Waals surface area contributed by atoms with Crippen molar-refractivity contribution in [3.05, 3.63) is 72.3 Å². The van der Waals surface area contributed by atoms with Gasteiger partial charge in [0, 0.05) is 6.61 Å². The van der Waals surface area contributed by atoms with E-state index in [1.807, 2.05) is 0 Å². The minimum Gasteiger partial charge on any atom is -0.407 e. The molecule has 0 radical (unpaired) electrons. The number of hydrogen-bond acceptors (Lipinski definition) is 1. The molecule has 0 aromatic heterocycles. The van der Waals surface area contributed by atoms with Crippen LogP contribution >= 0.6 is 0 Å². The summed E-state index contributed by atoms with van der Waals surface area (Å²) in [4.78, 5) is 0. The van der Waals surface area contributed by atoms with Crippen LogP contribution in [0, 0.1) is 5.92 Å². The predicted molar refractivity (Wildman–Crippen MR) is 115 cm³/mol. The van der Waals surface area contributed by atoms with E-state index in [9.17, 15) is 0 Å². The number of allylic oxidation sites excluding steroid dienone is 2. The normalized spacial score (nSPS) is 18.5. The van der Waals surface area contributed by atoms with Gasteiger partial charge in [-0.25, -0.2) is 0 Å². The van der Waals surface area contributed by atoms with E-state index in [1.165, 1.54) is 28.8 Å². The van der Waals surface area contributed by atoms with Crippen molar-refractivity contribution < 1.29 is 4.43 Å². The minimum absolute atomic E-state index is 0.0656. The summed E-state index contributed by atoms with van der Waals surface area (Å²) in [6.45, 7) is 10.2. The Balaban J connectivity index is 2.00. The number of hydrogen-bond donors (Lipinski definition) is 0. The van der Waals surface area contributed by atoms with E-state index in [2.05, 4.69) is 94.4 Å². The Morgan fingerprint density at radius 2 is 1.46 bits per heavy atom. The lowest BCUT2D eigenvalue weighted by molar-refractivity contribution is 0.224. The molecule has 0 spiro atoms. The first-order valence-electron chi connectivity index (χ1n) is 9.84. The second kappa shape index (κ2) is 7.94. The summed E-state index contributed by atoms with van der Waals surface area (Å²) < 4.78 is 7.05. The second-order valence-electron chi connectivity index (χ2n) is 8.67. The lowest BCUT2D eigenvalue weighted by Gasteiger charge is -2.44. The Morgan fingerprint density at radius 3 is 1.88 bits per heavy atom. The van der Waals surface area contributed by atoms with Crippen molar-refractivity contribution in [1.82, 2.24) is 0 Å². The summed E-state index contributed by atoms with van der Waals surface area (Å²) in [5.74, 6) is 0.639. The van der Waals surface area contributed by atoms with Crippen molar-refractivity contribution in [1.29, 1.82) is 0 Å². The maximum Gasteiger partial charge on any atom is 0.261 e. The quantitative estimate of drug-likeness (QED) is 0.516. The molecule has 2 aromatic rings. The van der Waals surface area contributed by atoms with Crippen LogP contribution in [0.25, 0.3) is 0 Å². The Bertz CT molecular complexity index is 688. The smallest absolute Gasteiger partial charge is 0.261 e. The third-order valence-electron chi connectivity index (χ3n) is 5.70. The molecule has 1 aliphatic rings. The molecule has 26 heavy (non-hydrogen) atoms. The maximum atomic E-state index is 7.05. The van der Waals surface area contributed by atoms with Crippen LogP contribution in [-0.4, -0.2) is 14.9 Å². The van der Waals surface area contributed by atoms with Gasteiger partial charge in [0.1, 0.15) is 0 Å². The van der Waals surface area contributed by atoms with Gasteiger partial charge in [0.25, 0.3) is 8.32 Å². The second-order valence-corrected chi connectivity index (χ2v) is 13.0. The van der Waals surface area contributed by atoms with Crippen molar-refractivity contribution in [3.63, 3.8) is 0 Å². The van der Waals surface area contributed by atoms with Crippen LogP contribution in [0.1, 0.15) is 47.0 Å². The lowest BCUT2D eigenvalue weighted by Crippen LogP contribution is -2.66. The SMILES string of the molecule is CC1=CC[C@@H](CO[Si](c2ccccc2)(c2ccccc2)C(C)(C)C)CC1. The van der Waals surface area contributed by atoms with E-state index >= 15 is 0 Å². The molecule has 0 saturated heterocycles. The molecule has 0 aliphatic heterocycles. The molecule has 1 nitrogen and oxygen atoms in total. The van der Waals surface area contributed by atoms with Gasteiger partial charge >= 0.3 is 0 Å². The fourth-order valence-electron chi connectivity index (χ4n) is 4.18. The molecule has 2 heteroatoms. The van der Waals surface area contributed by atoms with E-state index in [-0.39, 0.29) is 5.04 Å². The number of rotatable bonds is 5. The zero-order valence-corrected chi connectivity index (χ0v) is 17.7. The fourth-order valence-corrected chi connectivity index (χ4v) is 8.82. The molecule has 0 unspecified atom stereocenters. The monoisotopic (exact) mass is 364 g/mol. The van der Waals surface area contributed by atoms with Gasteiger partial charge in [-0.1, -0.05) is 93.1 Å². The molecular formula is C24H32OSi. The van der Waals surface area contributed by atoms with E-state index < -0.39 is 8.32 Å². The van der Waals surface area contributed by atoms with Gasteiger partial charge in [0.2, 0.25) is 0 Å². The van der Waals surface area contributed by atoms with Crippen LogP contribution < -0.4 is 10.4 Å². The molecule has 2 aromatic carbocycles. The summed E-state index contributed by atoms with van der Waals surface area (Å²) in [6.07, 6.45) is 6.03. The van der Waals surface area contributed by atoms with E-state index in [0.29, 0.717) is 5.92 Å². The van der Waals surface area contributed by atoms with E-state index in [0.717, 1.165) is 13.0 Å². The van der Waals surface area contributed by atoms with Crippen molar-refractivity contribution in [2.24, 2.45) is 5.92 Å². The highest BCUT2D eigenvalue weighted by molar-refractivity contribution is 6.99. The van der Waals surface area contributed by atoms with E-state index in [1.54, 1.807) is 0 Å². The Hall–Kier alpha value is -1.64. The third-order valence-corrected chi connectivity index (χ3v) is 10.7. The van der Waals surface area contributed by atoms with Gasteiger partial charge in [-0.05, 0) is 47.5 Å². The molecule has 0 amide bonds. The van der Waals surface area contributed by atoms with Gasteiger partial charge < -0.3 is 4.43 Å². The highest BCUT2D eigenvalue weighted by Gasteiger charge is 2.50. The first kappa shape index (κ1) is 19.1. The molecule has 0 N–H and O–H groups in total. The maximum absolute atomic E-state index is 7.05. The minimum atomic E-state index is -2.37. The van der Waals surface area contributed by atoms with Gasteiger partial charge in [-0.15, -0.1) is 0 Å². The molecule has 0 bridgehead atoms. The van der Waals surface area contributed by atoms with E-state index in [4.69, 9.17) is 4.43 Å². The summed E-state index contributed by atoms with van der Waals surface area (Å²) in [6, 6.07) is 21.9. The van der Waals surface area contributed by atoms with Crippen LogP contribution in [0.4, 0.5) is 0 Å². The molecule has 0 saturated carbocycles. The topological polar surface area (TPSA) is 9.23 Å². The molecule has 3 rings (SSSR count). The summed E-state index contributed by atoms with van der Waals surface area (Å²) >= 11 is 0. The van der Waals surface area contributed by atoms with Gasteiger partial charge in [-0.3, -0.25) is 0 Å². The molecule has 0 fully saturated rings. The summed E-state index contributed by atoms with van der Waals surface area (Å²) in [5.41, 5.74) is 1.53. The van der Waals surface area contributed by atoms with Crippen molar-refractivity contribution in [2.75, 3.05) is 6.61 Å². The van der Waals surface area contributed by atoms with Gasteiger partial charge in [0.15, 0.2) is 0 Å². The molecule has 0 heterocycles. The fraction of sp³-hybridized carbons (Fsp3) is 0.417. The Labute approximate surface area is 160 Å². The van der Waals surface area contributed by atoms with Crippen LogP contribution in [0.3, 0.4) is 0 Å². The van der Waals surface area contributed by atoms with Crippen LogP contribution in [0.2, 0.25) is 5.04 Å².